The van der Waals surface area contributed by atoms with Gasteiger partial charge in [-0.1, -0.05) is 70.1 Å². The second-order valence-electron chi connectivity index (χ2n) is 19.0. The highest BCUT2D eigenvalue weighted by Gasteiger charge is 2.39. The monoisotopic (exact) mass is 1040 g/mol. The lowest BCUT2D eigenvalue weighted by molar-refractivity contribution is -0.197. The Hall–Kier alpha value is -6.63. The summed E-state index contributed by atoms with van der Waals surface area (Å²) in [6.45, 7) is 5.35. The Morgan fingerprint density at radius 1 is 0.740 bits per heavy atom. The number of nitrogens with one attached hydrogen (secondary N) is 1. The smallest absolute Gasteiger partial charge is 0.333 e. The fraction of sp³-hybridized carbons (Fsp3) is 0.345. The zero-order chi connectivity index (χ0) is 50.8. The number of fused-ring (bicyclic) bond motifs is 8. The highest BCUT2D eigenvalue weighted by molar-refractivity contribution is 8.77. The van der Waals surface area contributed by atoms with Crippen molar-refractivity contribution < 1.29 is 47.8 Å². The van der Waals surface area contributed by atoms with Gasteiger partial charge >= 0.3 is 5.97 Å². The summed E-state index contributed by atoms with van der Waals surface area (Å²) in [6, 6.07) is 29.2. The molecule has 0 radical (unpaired) electrons. The van der Waals surface area contributed by atoms with Crippen molar-refractivity contribution >= 4 is 91.9 Å². The maximum absolute atomic E-state index is 14.1. The lowest BCUT2D eigenvalue weighted by Crippen LogP contribution is -2.39. The Morgan fingerprint density at radius 2 is 1.36 bits per heavy atom. The van der Waals surface area contributed by atoms with Gasteiger partial charge in [-0.05, 0) is 84.8 Å². The molecule has 2 atom stereocenters. The van der Waals surface area contributed by atoms with Crippen molar-refractivity contribution in [2.75, 3.05) is 47.4 Å². The van der Waals surface area contributed by atoms with Crippen molar-refractivity contribution in [1.29, 1.82) is 0 Å². The van der Waals surface area contributed by atoms with Crippen molar-refractivity contribution in [2.45, 2.75) is 88.2 Å². The van der Waals surface area contributed by atoms with Crippen LogP contribution in [0.5, 0.6) is 23.0 Å². The number of ether oxygens (including phenoxy) is 4. The second kappa shape index (κ2) is 21.5. The van der Waals surface area contributed by atoms with Gasteiger partial charge in [0.05, 0.1) is 48.8 Å². The number of hydrogen-bond donors (Lipinski definition) is 1. The van der Waals surface area contributed by atoms with Gasteiger partial charge in [0, 0.05) is 84.0 Å². The summed E-state index contributed by atoms with van der Waals surface area (Å²) in [5, 5.41) is 4.11. The SMILES string of the molecule is COc1cc2c(cc1OCc1cc(COc3cc4c(cc3OC)C(=O)N3c5ccccc5C[C@H]3CN4)cc(CSCC(C)(C)SSCCCC(=O)ON3C(=O)CCC3=O)c1)N=C[C@@H]1Cc3ccccc3N1C2=O. The van der Waals surface area contributed by atoms with E-state index in [0.29, 0.717) is 81.5 Å². The Bertz CT molecular complexity index is 3020. The van der Waals surface area contributed by atoms with Crippen LogP contribution in [0, 0.1) is 0 Å². The number of hydrogen-bond acceptors (Lipinski definition) is 15. The number of carbonyl (C=O) groups is 5. The Labute approximate surface area is 436 Å². The summed E-state index contributed by atoms with van der Waals surface area (Å²) in [5.74, 6) is 2.26. The molecule has 15 nitrogen and oxygen atoms in total. The molecule has 1 saturated heterocycles. The number of anilines is 3. The Morgan fingerprint density at radius 3 is 2.05 bits per heavy atom. The normalized spacial score (nSPS) is 17.5. The van der Waals surface area contributed by atoms with Crippen LogP contribution in [-0.4, -0.2) is 90.0 Å². The van der Waals surface area contributed by atoms with Gasteiger partial charge < -0.3 is 34.0 Å². The summed E-state index contributed by atoms with van der Waals surface area (Å²) in [6.07, 6.45) is 4.09. The van der Waals surface area contributed by atoms with E-state index in [9.17, 15) is 24.0 Å². The Kier molecular flexibility index (Phi) is 14.7. The van der Waals surface area contributed by atoms with E-state index in [-0.39, 0.29) is 61.1 Å². The topological polar surface area (TPSA) is 166 Å². The van der Waals surface area contributed by atoms with E-state index in [1.54, 1.807) is 65.8 Å². The fourth-order valence-corrected chi connectivity index (χ4v) is 13.8. The molecule has 5 heterocycles. The van der Waals surface area contributed by atoms with Crippen LogP contribution in [0.25, 0.3) is 0 Å². The molecular formula is C55H55N5O10S3. The van der Waals surface area contributed by atoms with E-state index in [4.69, 9.17) is 28.8 Å². The molecule has 0 spiro atoms. The summed E-state index contributed by atoms with van der Waals surface area (Å²) < 4.78 is 24.6. The number of methoxy groups -OCH3 is 2. The molecule has 1 fully saturated rings. The number of nitrogens with zero attached hydrogens (tertiary/aromatic N) is 4. The van der Waals surface area contributed by atoms with Gasteiger partial charge in [-0.25, -0.2) is 4.79 Å². The summed E-state index contributed by atoms with van der Waals surface area (Å²) in [5.41, 5.74) is 9.11. The van der Waals surface area contributed by atoms with Crippen LogP contribution >= 0.6 is 33.3 Å². The van der Waals surface area contributed by atoms with Gasteiger partial charge in [-0.2, -0.15) is 11.8 Å². The van der Waals surface area contributed by atoms with E-state index in [1.807, 2.05) is 70.6 Å². The summed E-state index contributed by atoms with van der Waals surface area (Å²) in [4.78, 5) is 77.6. The number of hydroxylamine groups is 2. The molecular weight excluding hydrogens is 987 g/mol. The molecule has 5 aliphatic heterocycles. The fourth-order valence-electron chi connectivity index (χ4n) is 9.73. The molecule has 0 aliphatic carbocycles. The number of carbonyl (C=O) groups excluding carboxylic acids is 5. The van der Waals surface area contributed by atoms with E-state index in [2.05, 4.69) is 37.4 Å². The molecule has 0 aromatic heterocycles. The Balaban J connectivity index is 0.833. The highest BCUT2D eigenvalue weighted by atomic mass is 33.1. The standard InChI is InChI=1S/C55H55N5O10S3/c1-55(2,73-72-17-9-14-52(63)70-60-50(61)15-16-51(60)62)32-71-31-35-19-33(29-68-48-25-42-40(23-46(48)66-3)53(64)58-38(27-56-42)21-36-10-5-7-12-44(36)58)18-34(20-35)30-69-49-26-43-41(24-47(49)67-4)54(65)59-39(28-57-43)22-37-11-6-8-13-45(37)59/h5-8,10-13,18-20,23-27,38-39,57H,9,14-17,21-22,28-32H2,1-4H3/t38-,39-/m0/s1. The number of amides is 4. The highest BCUT2D eigenvalue weighted by Crippen LogP contribution is 2.44. The molecule has 73 heavy (non-hydrogen) atoms. The largest absolute Gasteiger partial charge is 0.493 e. The third kappa shape index (κ3) is 10.7. The van der Waals surface area contributed by atoms with Crippen LogP contribution in [-0.2, 0) is 51.0 Å². The number of aliphatic imine (C=N–C) groups is 1. The molecule has 5 aliphatic rings. The quantitative estimate of drug-likeness (QED) is 0.0472. The third-order valence-electron chi connectivity index (χ3n) is 13.2. The molecule has 0 saturated carbocycles. The number of imide groups is 1. The van der Waals surface area contributed by atoms with Gasteiger partial charge in [0.25, 0.3) is 23.6 Å². The molecule has 18 heteroatoms. The first-order valence-corrected chi connectivity index (χ1v) is 27.7. The molecule has 1 N–H and O–H groups in total. The first kappa shape index (κ1) is 49.9. The summed E-state index contributed by atoms with van der Waals surface area (Å²) in [7, 11) is 6.55. The number of para-hydroxylation sites is 2. The molecule has 10 rings (SSSR count). The minimum atomic E-state index is -0.589. The maximum atomic E-state index is 14.1. The number of thioether (sulfide) groups is 1. The van der Waals surface area contributed by atoms with Gasteiger partial charge in [-0.3, -0.25) is 29.1 Å². The van der Waals surface area contributed by atoms with E-state index >= 15 is 0 Å². The zero-order valence-electron chi connectivity index (χ0n) is 41.0. The first-order chi connectivity index (χ1) is 35.4. The molecule has 4 amide bonds. The van der Waals surface area contributed by atoms with Crippen molar-refractivity contribution in [3.05, 3.63) is 130 Å². The second-order valence-corrected chi connectivity index (χ2v) is 23.1. The lowest BCUT2D eigenvalue weighted by atomic mass is 10.1. The van der Waals surface area contributed by atoms with E-state index in [1.165, 1.54) is 0 Å². The van der Waals surface area contributed by atoms with Crippen molar-refractivity contribution in [2.24, 2.45) is 4.99 Å². The third-order valence-corrected chi connectivity index (χ3v) is 18.2. The molecule has 5 aromatic rings. The van der Waals surface area contributed by atoms with Gasteiger partial charge in [0.1, 0.15) is 13.2 Å². The van der Waals surface area contributed by atoms with Crippen molar-refractivity contribution in [3.8, 4) is 23.0 Å². The number of benzene rings is 5. The average Bonchev–Trinajstić information content (AvgIpc) is 4.00. The minimum Gasteiger partial charge on any atom is -0.493 e. The minimum absolute atomic E-state index is 0.0136. The molecule has 5 aromatic carbocycles. The molecule has 0 unspecified atom stereocenters. The van der Waals surface area contributed by atoms with Crippen molar-refractivity contribution in [3.63, 3.8) is 0 Å². The molecule has 378 valence electrons. The maximum Gasteiger partial charge on any atom is 0.333 e. The van der Waals surface area contributed by atoms with Crippen LogP contribution < -0.4 is 34.1 Å². The van der Waals surface area contributed by atoms with Crippen LogP contribution in [0.2, 0.25) is 0 Å². The zero-order valence-corrected chi connectivity index (χ0v) is 43.4. The molecule has 0 bridgehead atoms. The van der Waals surface area contributed by atoms with E-state index in [0.717, 1.165) is 51.4 Å². The lowest BCUT2D eigenvalue weighted by Gasteiger charge is -2.23. The first-order valence-electron chi connectivity index (χ1n) is 24.2. The van der Waals surface area contributed by atoms with Crippen molar-refractivity contribution in [1.82, 2.24) is 5.06 Å². The van der Waals surface area contributed by atoms with Crippen LogP contribution in [0.4, 0.5) is 22.7 Å². The average molecular weight is 1040 g/mol. The predicted octanol–water partition coefficient (Wildman–Crippen LogP) is 9.93. The van der Waals surface area contributed by atoms with Crippen LogP contribution in [0.1, 0.15) is 88.1 Å². The van der Waals surface area contributed by atoms with Crippen LogP contribution in [0.15, 0.2) is 96.0 Å². The summed E-state index contributed by atoms with van der Waals surface area (Å²) >= 11 is 1.80. The number of rotatable bonds is 19. The van der Waals surface area contributed by atoms with Gasteiger partial charge in [0.15, 0.2) is 23.0 Å². The van der Waals surface area contributed by atoms with Crippen LogP contribution in [0.3, 0.4) is 0 Å². The van der Waals surface area contributed by atoms with E-state index < -0.39 is 17.8 Å². The van der Waals surface area contributed by atoms with Gasteiger partial charge in [0.2, 0.25) is 0 Å². The predicted molar refractivity (Wildman–Crippen MR) is 286 cm³/mol. The van der Waals surface area contributed by atoms with Gasteiger partial charge in [-0.15, -0.1) is 5.06 Å².